The molecule has 2 fully saturated rings. The first-order valence-corrected chi connectivity index (χ1v) is 11.1. The van der Waals surface area contributed by atoms with Crippen LogP contribution >= 0.6 is 0 Å². The predicted molar refractivity (Wildman–Crippen MR) is 104 cm³/mol. The summed E-state index contributed by atoms with van der Waals surface area (Å²) >= 11 is 0. The van der Waals surface area contributed by atoms with E-state index in [1.54, 1.807) is 4.90 Å². The topological polar surface area (TPSA) is 106 Å². The van der Waals surface area contributed by atoms with E-state index in [4.69, 9.17) is 5.26 Å². The third-order valence-electron chi connectivity index (χ3n) is 5.21. The van der Waals surface area contributed by atoms with Crippen molar-refractivity contribution in [1.29, 1.82) is 5.26 Å². The molecule has 1 aromatic rings. The van der Waals surface area contributed by atoms with Gasteiger partial charge < -0.3 is 4.90 Å². The monoisotopic (exact) mass is 405 g/mol. The van der Waals surface area contributed by atoms with Crippen molar-refractivity contribution >= 4 is 15.9 Å². The summed E-state index contributed by atoms with van der Waals surface area (Å²) in [5.74, 6) is 0.582. The van der Waals surface area contributed by atoms with Crippen molar-refractivity contribution in [3.05, 3.63) is 29.8 Å². The van der Waals surface area contributed by atoms with Gasteiger partial charge in [0, 0.05) is 32.2 Å². The van der Waals surface area contributed by atoms with E-state index in [1.165, 1.54) is 28.6 Å². The highest BCUT2D eigenvalue weighted by molar-refractivity contribution is 7.89. The van der Waals surface area contributed by atoms with E-state index >= 15 is 0 Å². The zero-order chi connectivity index (χ0) is 20.3. The fourth-order valence-electron chi connectivity index (χ4n) is 3.73. The number of carbonyl (C=O) groups excluding carboxylic acids is 1. The molecule has 0 bridgehead atoms. The van der Waals surface area contributed by atoms with Crippen LogP contribution in [0.15, 0.2) is 29.2 Å². The molecular formula is C19H27N5O3S. The number of hydrazine groups is 1. The number of nitrogens with one attached hydrogen (secondary N) is 2. The van der Waals surface area contributed by atoms with Crippen LogP contribution in [0.1, 0.15) is 32.3 Å². The highest BCUT2D eigenvalue weighted by atomic mass is 32.2. The van der Waals surface area contributed by atoms with Gasteiger partial charge in [0.05, 0.1) is 16.5 Å². The summed E-state index contributed by atoms with van der Waals surface area (Å²) in [6.07, 6.45) is 1.76. The minimum atomic E-state index is -3.62. The van der Waals surface area contributed by atoms with E-state index in [-0.39, 0.29) is 36.0 Å². The number of carbonyl (C=O) groups is 1. The molecule has 9 heteroatoms. The summed E-state index contributed by atoms with van der Waals surface area (Å²) in [5, 5.41) is 8.85. The van der Waals surface area contributed by atoms with Gasteiger partial charge in [-0.15, -0.1) is 0 Å². The fourth-order valence-corrected chi connectivity index (χ4v) is 5.15. The first-order chi connectivity index (χ1) is 13.3. The molecule has 0 saturated carbocycles. The van der Waals surface area contributed by atoms with Crippen LogP contribution in [0.5, 0.6) is 0 Å². The maximum absolute atomic E-state index is 12.8. The van der Waals surface area contributed by atoms with E-state index in [2.05, 4.69) is 24.7 Å². The molecule has 0 aliphatic carbocycles. The molecule has 2 N–H and O–H groups in total. The Hall–Kier alpha value is -1.99. The van der Waals surface area contributed by atoms with E-state index in [1.807, 2.05) is 6.07 Å². The second-order valence-corrected chi connectivity index (χ2v) is 9.71. The number of sulfonamides is 1. The highest BCUT2D eigenvalue weighted by Gasteiger charge is 2.35. The van der Waals surface area contributed by atoms with E-state index < -0.39 is 10.0 Å². The van der Waals surface area contributed by atoms with Gasteiger partial charge in [-0.2, -0.15) is 9.57 Å². The molecule has 2 atom stereocenters. The number of nitriles is 1. The van der Waals surface area contributed by atoms with Crippen molar-refractivity contribution in [3.63, 3.8) is 0 Å². The Bertz CT molecular complexity index is 839. The molecule has 2 aliphatic heterocycles. The quantitative estimate of drug-likeness (QED) is 0.746. The summed E-state index contributed by atoms with van der Waals surface area (Å²) < 4.78 is 27.0. The minimum Gasteiger partial charge on any atom is -0.339 e. The number of nitrogens with zero attached hydrogens (tertiary/aromatic N) is 3. The van der Waals surface area contributed by atoms with Crippen LogP contribution in [0.3, 0.4) is 0 Å². The third-order valence-corrected chi connectivity index (χ3v) is 7.12. The average Bonchev–Trinajstić information content (AvgIpc) is 3.15. The number of rotatable bonds is 5. The van der Waals surface area contributed by atoms with Gasteiger partial charge in [0.25, 0.3) is 0 Å². The van der Waals surface area contributed by atoms with Crippen LogP contribution in [0.2, 0.25) is 0 Å². The summed E-state index contributed by atoms with van der Waals surface area (Å²) in [7, 11) is -3.62. The van der Waals surface area contributed by atoms with Crippen LogP contribution in [0.4, 0.5) is 0 Å². The Morgan fingerprint density at radius 1 is 1.18 bits per heavy atom. The Morgan fingerprint density at radius 3 is 2.39 bits per heavy atom. The molecule has 2 saturated heterocycles. The van der Waals surface area contributed by atoms with Gasteiger partial charge in [0.1, 0.15) is 6.04 Å². The number of piperazine rings is 1. The molecule has 0 spiro atoms. The standard InChI is InChI=1S/C19H27N5O3S/c1-14(2)11-16-12-18(22-21-16)19(25)23-7-9-24(10-8-23)28(26,27)17-5-3-15(13-20)4-6-17/h3-6,14,16,18,21-22H,7-12H2,1-2H3. The molecule has 2 unspecified atom stereocenters. The van der Waals surface area contributed by atoms with Crippen LogP contribution < -0.4 is 10.9 Å². The van der Waals surface area contributed by atoms with Crippen molar-refractivity contribution in [3.8, 4) is 6.07 Å². The van der Waals surface area contributed by atoms with E-state index in [0.29, 0.717) is 24.6 Å². The Labute approximate surface area is 166 Å². The summed E-state index contributed by atoms with van der Waals surface area (Å²) in [4.78, 5) is 14.7. The molecular weight excluding hydrogens is 378 g/mol. The molecule has 0 radical (unpaired) electrons. The van der Waals surface area contributed by atoms with Crippen LogP contribution in [-0.4, -0.2) is 61.8 Å². The molecule has 28 heavy (non-hydrogen) atoms. The molecule has 1 amide bonds. The Morgan fingerprint density at radius 2 is 1.82 bits per heavy atom. The lowest BCUT2D eigenvalue weighted by Crippen LogP contribution is -2.54. The second-order valence-electron chi connectivity index (χ2n) is 7.77. The number of hydrogen-bond acceptors (Lipinski definition) is 6. The van der Waals surface area contributed by atoms with Crippen molar-refractivity contribution in [2.75, 3.05) is 26.2 Å². The zero-order valence-corrected chi connectivity index (χ0v) is 17.1. The molecule has 152 valence electrons. The van der Waals surface area contributed by atoms with E-state index in [0.717, 1.165) is 12.8 Å². The lowest BCUT2D eigenvalue weighted by atomic mass is 9.99. The number of benzene rings is 1. The van der Waals surface area contributed by atoms with Crippen molar-refractivity contribution in [1.82, 2.24) is 20.1 Å². The van der Waals surface area contributed by atoms with Crippen LogP contribution in [-0.2, 0) is 14.8 Å². The van der Waals surface area contributed by atoms with E-state index in [9.17, 15) is 13.2 Å². The maximum atomic E-state index is 12.8. The molecule has 2 heterocycles. The summed E-state index contributed by atoms with van der Waals surface area (Å²) in [6, 6.07) is 7.91. The normalized spacial score (nSPS) is 23.7. The van der Waals surface area contributed by atoms with Gasteiger partial charge in [0.15, 0.2) is 0 Å². The molecule has 3 rings (SSSR count). The number of hydrogen-bond donors (Lipinski definition) is 2. The molecule has 1 aromatic carbocycles. The largest absolute Gasteiger partial charge is 0.339 e. The first-order valence-electron chi connectivity index (χ1n) is 9.61. The minimum absolute atomic E-state index is 0.0224. The first kappa shape index (κ1) is 20.7. The predicted octanol–water partition coefficient (Wildman–Crippen LogP) is 0.672. The van der Waals surface area contributed by atoms with Gasteiger partial charge in [-0.3, -0.25) is 10.2 Å². The van der Waals surface area contributed by atoms with Crippen LogP contribution in [0, 0.1) is 17.2 Å². The smallest absolute Gasteiger partial charge is 0.243 e. The maximum Gasteiger partial charge on any atom is 0.243 e. The lowest BCUT2D eigenvalue weighted by Gasteiger charge is -2.35. The summed E-state index contributed by atoms with van der Waals surface area (Å²) in [5.41, 5.74) is 6.70. The number of amides is 1. The molecule has 0 aromatic heterocycles. The van der Waals surface area contributed by atoms with Gasteiger partial charge in [0.2, 0.25) is 15.9 Å². The van der Waals surface area contributed by atoms with Crippen molar-refractivity contribution in [2.24, 2.45) is 5.92 Å². The van der Waals surface area contributed by atoms with Crippen molar-refractivity contribution in [2.45, 2.75) is 43.7 Å². The second kappa shape index (κ2) is 8.57. The SMILES string of the molecule is CC(C)CC1CC(C(=O)N2CCN(S(=O)(=O)c3ccc(C#N)cc3)CC2)NN1. The Kier molecular flexibility index (Phi) is 6.35. The van der Waals surface area contributed by atoms with Crippen molar-refractivity contribution < 1.29 is 13.2 Å². The van der Waals surface area contributed by atoms with Crippen LogP contribution in [0.25, 0.3) is 0 Å². The average molecular weight is 406 g/mol. The third kappa shape index (κ3) is 4.52. The van der Waals surface area contributed by atoms with Gasteiger partial charge in [-0.25, -0.2) is 13.8 Å². The molecule has 2 aliphatic rings. The molecule has 8 nitrogen and oxygen atoms in total. The lowest BCUT2D eigenvalue weighted by molar-refractivity contribution is -0.134. The van der Waals surface area contributed by atoms with Gasteiger partial charge in [-0.05, 0) is 43.0 Å². The summed E-state index contributed by atoms with van der Waals surface area (Å²) in [6.45, 7) is 5.60. The Balaban J connectivity index is 1.56. The fraction of sp³-hybridized carbons (Fsp3) is 0.579. The van der Waals surface area contributed by atoms with Gasteiger partial charge >= 0.3 is 0 Å². The van der Waals surface area contributed by atoms with Gasteiger partial charge in [-0.1, -0.05) is 13.8 Å². The zero-order valence-electron chi connectivity index (χ0n) is 16.3. The highest BCUT2D eigenvalue weighted by Crippen LogP contribution is 2.20.